The summed E-state index contributed by atoms with van der Waals surface area (Å²) in [6.07, 6.45) is 3.56. The van der Waals surface area contributed by atoms with Gasteiger partial charge in [0.05, 0.1) is 0 Å². The summed E-state index contributed by atoms with van der Waals surface area (Å²) in [7, 11) is 0. The molecule has 0 aliphatic heterocycles. The van der Waals surface area contributed by atoms with Crippen molar-refractivity contribution < 1.29 is 5.11 Å². The van der Waals surface area contributed by atoms with E-state index >= 15 is 0 Å². The van der Waals surface area contributed by atoms with Crippen molar-refractivity contribution >= 4 is 26.7 Å². The smallest absolute Gasteiger partial charge is 0.114 e. The molecule has 100 valence electrons. The van der Waals surface area contributed by atoms with Crippen molar-refractivity contribution in [2.45, 2.75) is 12.5 Å². The van der Waals surface area contributed by atoms with E-state index in [-0.39, 0.29) is 0 Å². The molecule has 3 rings (SSSR count). The van der Waals surface area contributed by atoms with Crippen LogP contribution in [0.2, 0.25) is 0 Å². The zero-order valence-electron chi connectivity index (χ0n) is 11.0. The Hall–Kier alpha value is -1.71. The molecule has 0 amide bonds. The fraction of sp³-hybridized carbons (Fsp3) is 0.118. The number of nitrogens with zero attached hydrogens (tertiary/aromatic N) is 1. The lowest BCUT2D eigenvalue weighted by molar-refractivity contribution is 0.103. The number of hydrogen-bond acceptors (Lipinski definition) is 2. The second-order valence-corrected chi connectivity index (χ2v) is 5.81. The molecule has 0 radical (unpaired) electrons. The van der Waals surface area contributed by atoms with Gasteiger partial charge in [0, 0.05) is 27.8 Å². The van der Waals surface area contributed by atoms with Gasteiger partial charge in [-0.25, -0.2) is 0 Å². The minimum atomic E-state index is -1.08. The summed E-state index contributed by atoms with van der Waals surface area (Å²) in [6.45, 7) is 1.81. The van der Waals surface area contributed by atoms with Gasteiger partial charge in [-0.15, -0.1) is 0 Å². The van der Waals surface area contributed by atoms with Crippen molar-refractivity contribution in [2.75, 3.05) is 0 Å². The topological polar surface area (TPSA) is 33.1 Å². The summed E-state index contributed by atoms with van der Waals surface area (Å²) in [5, 5.41) is 13.1. The molecule has 2 aromatic carbocycles. The second kappa shape index (κ2) is 5.00. The highest BCUT2D eigenvalue weighted by molar-refractivity contribution is 9.10. The van der Waals surface area contributed by atoms with E-state index in [4.69, 9.17) is 0 Å². The average molecular weight is 328 g/mol. The van der Waals surface area contributed by atoms with Crippen molar-refractivity contribution in [3.8, 4) is 0 Å². The number of halogens is 1. The lowest BCUT2D eigenvalue weighted by Crippen LogP contribution is -2.23. The Bertz CT molecular complexity index is 762. The van der Waals surface area contributed by atoms with Crippen LogP contribution in [0.15, 0.2) is 65.4 Å². The molecule has 1 unspecified atom stereocenters. The minimum absolute atomic E-state index is 0.844. The standard InChI is InChI=1S/C17H14BrNO/c1-17(20,15-6-2-3-8-16(15)18)14-7-4-5-12-9-10-19-11-13(12)14/h2-11,20H,1H3. The van der Waals surface area contributed by atoms with Crippen LogP contribution in [0.5, 0.6) is 0 Å². The number of benzene rings is 2. The lowest BCUT2D eigenvalue weighted by Gasteiger charge is -2.27. The van der Waals surface area contributed by atoms with Gasteiger partial charge in [-0.3, -0.25) is 4.98 Å². The van der Waals surface area contributed by atoms with Crippen molar-refractivity contribution in [1.82, 2.24) is 4.98 Å². The van der Waals surface area contributed by atoms with E-state index in [2.05, 4.69) is 20.9 Å². The summed E-state index contributed by atoms with van der Waals surface area (Å²) in [6, 6.07) is 15.6. The maximum Gasteiger partial charge on any atom is 0.114 e. The summed E-state index contributed by atoms with van der Waals surface area (Å²) >= 11 is 3.52. The van der Waals surface area contributed by atoms with Gasteiger partial charge in [0.2, 0.25) is 0 Å². The average Bonchev–Trinajstić information content (AvgIpc) is 2.47. The molecule has 0 spiro atoms. The lowest BCUT2D eigenvalue weighted by atomic mass is 9.86. The van der Waals surface area contributed by atoms with E-state index in [9.17, 15) is 5.11 Å². The number of aromatic nitrogens is 1. The Kier molecular flexibility index (Phi) is 3.32. The van der Waals surface area contributed by atoms with Gasteiger partial charge in [0.1, 0.15) is 5.60 Å². The van der Waals surface area contributed by atoms with Gasteiger partial charge in [-0.2, -0.15) is 0 Å². The van der Waals surface area contributed by atoms with Crippen molar-refractivity contribution in [3.05, 3.63) is 76.5 Å². The maximum atomic E-state index is 11.1. The monoisotopic (exact) mass is 327 g/mol. The molecule has 0 saturated heterocycles. The molecule has 1 N–H and O–H groups in total. The molecule has 0 aliphatic rings. The quantitative estimate of drug-likeness (QED) is 0.763. The Morgan fingerprint density at radius 2 is 1.75 bits per heavy atom. The number of fused-ring (bicyclic) bond motifs is 1. The van der Waals surface area contributed by atoms with Crippen LogP contribution in [-0.4, -0.2) is 10.1 Å². The normalized spacial score (nSPS) is 14.2. The van der Waals surface area contributed by atoms with Crippen LogP contribution in [0.4, 0.5) is 0 Å². The van der Waals surface area contributed by atoms with Crippen molar-refractivity contribution in [1.29, 1.82) is 0 Å². The molecule has 0 bridgehead atoms. The third kappa shape index (κ3) is 2.13. The molecule has 1 atom stereocenters. The van der Waals surface area contributed by atoms with E-state index in [0.29, 0.717) is 0 Å². The highest BCUT2D eigenvalue weighted by atomic mass is 79.9. The number of pyridine rings is 1. The second-order valence-electron chi connectivity index (χ2n) is 4.95. The summed E-state index contributed by atoms with van der Waals surface area (Å²) in [5.74, 6) is 0. The van der Waals surface area contributed by atoms with Crippen LogP contribution in [0.3, 0.4) is 0 Å². The van der Waals surface area contributed by atoms with Crippen LogP contribution in [0, 0.1) is 0 Å². The van der Waals surface area contributed by atoms with E-state index in [0.717, 1.165) is 26.4 Å². The fourth-order valence-electron chi connectivity index (χ4n) is 2.54. The number of hydrogen-bond donors (Lipinski definition) is 1. The first-order chi connectivity index (χ1) is 9.60. The molecular formula is C17H14BrNO. The molecular weight excluding hydrogens is 314 g/mol. The summed E-state index contributed by atoms with van der Waals surface area (Å²) in [4.78, 5) is 4.18. The van der Waals surface area contributed by atoms with Gasteiger partial charge < -0.3 is 5.11 Å². The van der Waals surface area contributed by atoms with E-state index < -0.39 is 5.60 Å². The van der Waals surface area contributed by atoms with Gasteiger partial charge >= 0.3 is 0 Å². The molecule has 1 aromatic heterocycles. The zero-order valence-corrected chi connectivity index (χ0v) is 12.6. The molecule has 20 heavy (non-hydrogen) atoms. The van der Waals surface area contributed by atoms with E-state index in [1.807, 2.05) is 55.5 Å². The third-order valence-electron chi connectivity index (χ3n) is 3.61. The van der Waals surface area contributed by atoms with Crippen LogP contribution in [0.1, 0.15) is 18.1 Å². The zero-order chi connectivity index (χ0) is 14.2. The molecule has 3 heteroatoms. The predicted octanol–water partition coefficient (Wildman–Crippen LogP) is 4.25. The van der Waals surface area contributed by atoms with Crippen molar-refractivity contribution in [2.24, 2.45) is 0 Å². The Morgan fingerprint density at radius 3 is 2.55 bits per heavy atom. The fourth-order valence-corrected chi connectivity index (χ4v) is 3.21. The van der Waals surface area contributed by atoms with Gasteiger partial charge in [0.15, 0.2) is 0 Å². The molecule has 2 nitrogen and oxygen atoms in total. The van der Waals surface area contributed by atoms with Crippen molar-refractivity contribution in [3.63, 3.8) is 0 Å². The summed E-state index contributed by atoms with van der Waals surface area (Å²) < 4.78 is 0.894. The molecule has 0 fully saturated rings. The van der Waals surface area contributed by atoms with E-state index in [1.54, 1.807) is 12.4 Å². The predicted molar refractivity (Wildman–Crippen MR) is 84.6 cm³/mol. The molecule has 3 aromatic rings. The number of rotatable bonds is 2. The van der Waals surface area contributed by atoms with Crippen LogP contribution < -0.4 is 0 Å². The van der Waals surface area contributed by atoms with Gasteiger partial charge in [-0.1, -0.05) is 52.3 Å². The van der Waals surface area contributed by atoms with Crippen LogP contribution in [-0.2, 0) is 5.60 Å². The highest BCUT2D eigenvalue weighted by Crippen LogP contribution is 2.37. The largest absolute Gasteiger partial charge is 0.381 e. The first-order valence-corrected chi connectivity index (χ1v) is 7.20. The van der Waals surface area contributed by atoms with E-state index in [1.165, 1.54) is 0 Å². The third-order valence-corrected chi connectivity index (χ3v) is 4.30. The number of aliphatic hydroxyl groups is 1. The first-order valence-electron chi connectivity index (χ1n) is 6.41. The summed E-state index contributed by atoms with van der Waals surface area (Å²) in [5.41, 5.74) is 0.620. The Morgan fingerprint density at radius 1 is 1.00 bits per heavy atom. The van der Waals surface area contributed by atoms with Gasteiger partial charge in [0.25, 0.3) is 0 Å². The van der Waals surface area contributed by atoms with Gasteiger partial charge in [-0.05, 0) is 30.0 Å². The minimum Gasteiger partial charge on any atom is -0.381 e. The molecule has 0 aliphatic carbocycles. The molecule has 0 saturated carbocycles. The SMILES string of the molecule is CC(O)(c1ccccc1Br)c1cccc2ccncc12. The Balaban J connectivity index is 2.27. The Labute approximate surface area is 126 Å². The first kappa shape index (κ1) is 13.3. The molecule has 1 heterocycles. The van der Waals surface area contributed by atoms with Crippen LogP contribution in [0.25, 0.3) is 10.8 Å². The highest BCUT2D eigenvalue weighted by Gasteiger charge is 2.29. The maximum absolute atomic E-state index is 11.1. The van der Waals surface area contributed by atoms with Crippen LogP contribution >= 0.6 is 15.9 Å².